The van der Waals surface area contributed by atoms with E-state index in [0.29, 0.717) is 5.69 Å². The Morgan fingerprint density at radius 1 is 1.61 bits per heavy atom. The Morgan fingerprint density at radius 2 is 2.33 bits per heavy atom. The molecule has 1 saturated carbocycles. The van der Waals surface area contributed by atoms with Crippen LogP contribution in [0.3, 0.4) is 0 Å². The van der Waals surface area contributed by atoms with Gasteiger partial charge in [-0.1, -0.05) is 0 Å². The van der Waals surface area contributed by atoms with Crippen molar-refractivity contribution in [2.45, 2.75) is 18.4 Å². The van der Waals surface area contributed by atoms with E-state index in [9.17, 15) is 13.6 Å². The molecule has 0 saturated heterocycles. The lowest BCUT2D eigenvalue weighted by atomic mass is 10.3. The van der Waals surface area contributed by atoms with Crippen molar-refractivity contribution in [1.82, 2.24) is 9.78 Å². The van der Waals surface area contributed by atoms with E-state index in [2.05, 4.69) is 5.10 Å². The van der Waals surface area contributed by atoms with Crippen LogP contribution in [0.2, 0.25) is 0 Å². The van der Waals surface area contributed by atoms with Crippen LogP contribution in [-0.2, 0) is 0 Å². The zero-order valence-electron chi connectivity index (χ0n) is 9.01. The zero-order chi connectivity index (χ0) is 12.9. The predicted molar refractivity (Wildman–Crippen MR) is 55.5 cm³/mol. The highest BCUT2D eigenvalue weighted by Gasteiger charge is 2.59. The molecule has 0 aromatic carbocycles. The molecule has 1 fully saturated rings. The van der Waals surface area contributed by atoms with E-state index >= 15 is 0 Å². The smallest absolute Gasteiger partial charge is 0.338 e. The number of alkyl halides is 2. The van der Waals surface area contributed by atoms with Crippen LogP contribution >= 0.6 is 0 Å². The molecule has 5 nitrogen and oxygen atoms in total. The van der Waals surface area contributed by atoms with E-state index in [-0.39, 0.29) is 17.7 Å². The lowest BCUT2D eigenvalue weighted by Gasteiger charge is -1.97. The van der Waals surface area contributed by atoms with Crippen molar-refractivity contribution in [2.75, 3.05) is 0 Å². The summed E-state index contributed by atoms with van der Waals surface area (Å²) >= 11 is 0. The number of furan rings is 1. The molecule has 1 N–H and O–H groups in total. The molecule has 1 unspecified atom stereocenters. The third-order valence-electron chi connectivity index (χ3n) is 2.82. The van der Waals surface area contributed by atoms with Gasteiger partial charge in [0.15, 0.2) is 5.76 Å². The molecule has 0 spiro atoms. The van der Waals surface area contributed by atoms with Crippen molar-refractivity contribution in [1.29, 1.82) is 0 Å². The average Bonchev–Trinajstić information content (AvgIpc) is 2.82. The molecular weight excluding hydrogens is 246 g/mol. The Balaban J connectivity index is 1.86. The van der Waals surface area contributed by atoms with Gasteiger partial charge in [0.05, 0.1) is 5.56 Å². The van der Waals surface area contributed by atoms with Crippen molar-refractivity contribution < 1.29 is 23.1 Å². The Morgan fingerprint density at radius 3 is 2.89 bits per heavy atom. The van der Waals surface area contributed by atoms with Gasteiger partial charge >= 0.3 is 5.97 Å². The summed E-state index contributed by atoms with van der Waals surface area (Å²) in [4.78, 5) is 10.7. The summed E-state index contributed by atoms with van der Waals surface area (Å²) in [6.07, 6.45) is 2.30. The second-order valence-electron chi connectivity index (χ2n) is 4.17. The normalized spacial score (nSPS) is 20.9. The molecule has 1 aliphatic rings. The Hall–Kier alpha value is -2.18. The van der Waals surface area contributed by atoms with Gasteiger partial charge in [0.2, 0.25) is 0 Å². The van der Waals surface area contributed by atoms with Gasteiger partial charge in [-0.2, -0.15) is 5.10 Å². The van der Waals surface area contributed by atoms with Crippen LogP contribution in [0.1, 0.15) is 22.8 Å². The van der Waals surface area contributed by atoms with Gasteiger partial charge in [-0.25, -0.2) is 13.6 Å². The summed E-state index contributed by atoms with van der Waals surface area (Å²) in [6, 6.07) is 1.92. The summed E-state index contributed by atoms with van der Waals surface area (Å²) in [5.74, 6) is -3.56. The molecule has 0 radical (unpaired) electrons. The van der Waals surface area contributed by atoms with Crippen LogP contribution < -0.4 is 0 Å². The van der Waals surface area contributed by atoms with Gasteiger partial charge < -0.3 is 9.52 Å². The van der Waals surface area contributed by atoms with E-state index in [0.717, 1.165) is 6.26 Å². The third-order valence-corrected chi connectivity index (χ3v) is 2.82. The molecule has 0 amide bonds. The minimum atomic E-state index is -2.70. The molecule has 3 rings (SSSR count). The monoisotopic (exact) mass is 254 g/mol. The van der Waals surface area contributed by atoms with E-state index < -0.39 is 17.9 Å². The fraction of sp³-hybridized carbons (Fsp3) is 0.273. The number of halogens is 2. The first kappa shape index (κ1) is 10.9. The van der Waals surface area contributed by atoms with E-state index in [1.807, 2.05) is 0 Å². The Bertz CT molecular complexity index is 617. The topological polar surface area (TPSA) is 68.3 Å². The summed E-state index contributed by atoms with van der Waals surface area (Å²) in [5, 5.41) is 12.7. The Labute approximate surface area is 99.6 Å². The molecule has 2 aromatic rings. The highest BCUT2D eigenvalue weighted by atomic mass is 19.3. The predicted octanol–water partition coefficient (Wildman–Crippen LogP) is 2.42. The van der Waals surface area contributed by atoms with Gasteiger partial charge in [0, 0.05) is 18.7 Å². The molecular formula is C11H8F2N2O3. The third kappa shape index (κ3) is 1.68. The molecule has 94 valence electrons. The van der Waals surface area contributed by atoms with E-state index in [1.165, 1.54) is 23.0 Å². The number of aromatic carboxylic acids is 1. The molecule has 18 heavy (non-hydrogen) atoms. The fourth-order valence-electron chi connectivity index (χ4n) is 1.71. The first-order valence-corrected chi connectivity index (χ1v) is 5.22. The van der Waals surface area contributed by atoms with Crippen LogP contribution in [0, 0.1) is 0 Å². The van der Waals surface area contributed by atoms with Crippen molar-refractivity contribution in [2.24, 2.45) is 0 Å². The number of hydrogen-bond acceptors (Lipinski definition) is 3. The van der Waals surface area contributed by atoms with Crippen molar-refractivity contribution >= 4 is 5.97 Å². The van der Waals surface area contributed by atoms with Gasteiger partial charge in [0.1, 0.15) is 18.0 Å². The minimum Gasteiger partial charge on any atom is -0.478 e. The van der Waals surface area contributed by atoms with E-state index in [1.54, 1.807) is 0 Å². The maximum atomic E-state index is 12.8. The van der Waals surface area contributed by atoms with Crippen molar-refractivity contribution in [3.63, 3.8) is 0 Å². The first-order valence-electron chi connectivity index (χ1n) is 5.22. The lowest BCUT2D eigenvalue weighted by molar-refractivity contribution is 0.0696. The van der Waals surface area contributed by atoms with Gasteiger partial charge in [-0.15, -0.1) is 0 Å². The van der Waals surface area contributed by atoms with Gasteiger partial charge in [-0.3, -0.25) is 4.68 Å². The van der Waals surface area contributed by atoms with E-state index in [4.69, 9.17) is 9.52 Å². The molecule has 0 bridgehead atoms. The summed E-state index contributed by atoms with van der Waals surface area (Å²) in [7, 11) is 0. The number of nitrogens with zero attached hydrogens (tertiary/aromatic N) is 2. The number of aromatic nitrogens is 2. The summed E-state index contributed by atoms with van der Waals surface area (Å²) < 4.78 is 31.9. The molecule has 1 atom stereocenters. The highest BCUT2D eigenvalue weighted by Crippen LogP contribution is 2.52. The second kappa shape index (κ2) is 3.41. The minimum absolute atomic E-state index is 0.00342. The van der Waals surface area contributed by atoms with Crippen LogP contribution in [0.15, 0.2) is 29.0 Å². The molecule has 1 aliphatic carbocycles. The van der Waals surface area contributed by atoms with Crippen LogP contribution in [0.25, 0.3) is 11.5 Å². The number of carboxylic acid groups (broad SMARTS) is 1. The highest BCUT2D eigenvalue weighted by molar-refractivity contribution is 5.88. The second-order valence-corrected chi connectivity index (χ2v) is 4.17. The molecule has 0 aliphatic heterocycles. The number of hydrogen-bond donors (Lipinski definition) is 1. The van der Waals surface area contributed by atoms with Crippen LogP contribution in [-0.4, -0.2) is 26.8 Å². The van der Waals surface area contributed by atoms with Crippen LogP contribution in [0.4, 0.5) is 8.78 Å². The maximum Gasteiger partial charge on any atom is 0.338 e. The number of rotatable bonds is 3. The maximum absolute atomic E-state index is 12.8. The number of carboxylic acids is 1. The van der Waals surface area contributed by atoms with Crippen LogP contribution in [0.5, 0.6) is 0 Å². The summed E-state index contributed by atoms with van der Waals surface area (Å²) in [5.41, 5.74) is 0.335. The van der Waals surface area contributed by atoms with Gasteiger partial charge in [0.25, 0.3) is 5.92 Å². The quantitative estimate of drug-likeness (QED) is 0.913. The SMILES string of the molecule is O=C(O)c1coc(-c2ccn(C3CC3(F)F)n2)c1. The molecule has 7 heteroatoms. The largest absolute Gasteiger partial charge is 0.478 e. The molecule has 2 heterocycles. The summed E-state index contributed by atoms with van der Waals surface area (Å²) in [6.45, 7) is 0. The first-order chi connectivity index (χ1) is 8.47. The van der Waals surface area contributed by atoms with Crippen molar-refractivity contribution in [3.05, 3.63) is 30.2 Å². The van der Waals surface area contributed by atoms with Crippen molar-refractivity contribution in [3.8, 4) is 11.5 Å². The number of carbonyl (C=O) groups is 1. The zero-order valence-corrected chi connectivity index (χ0v) is 9.01. The fourth-order valence-corrected chi connectivity index (χ4v) is 1.71. The lowest BCUT2D eigenvalue weighted by Crippen LogP contribution is -2.02. The molecule has 2 aromatic heterocycles. The average molecular weight is 254 g/mol. The standard InChI is InChI=1S/C11H8F2N2O3/c12-11(13)4-9(11)15-2-1-7(14-15)8-3-6(5-18-8)10(16)17/h1-3,5,9H,4H2,(H,16,17). The van der Waals surface area contributed by atoms with Gasteiger partial charge in [-0.05, 0) is 6.07 Å². The Kier molecular flexibility index (Phi) is 2.07.